The van der Waals surface area contributed by atoms with Crippen LogP contribution in [0.25, 0.3) is 0 Å². The Morgan fingerprint density at radius 2 is 1.90 bits per heavy atom. The van der Waals surface area contributed by atoms with Gasteiger partial charge in [-0.2, -0.15) is 0 Å². The zero-order chi connectivity index (χ0) is 20.5. The molecule has 0 spiro atoms. The van der Waals surface area contributed by atoms with Gasteiger partial charge in [0.1, 0.15) is 18.2 Å². The number of halogens is 1. The number of nitro benzene ring substituents is 1. The zero-order valence-corrected chi connectivity index (χ0v) is 15.6. The molecular formula is C19H13FN2O6S. The van der Waals surface area contributed by atoms with E-state index in [4.69, 9.17) is 9.47 Å². The van der Waals surface area contributed by atoms with Crippen LogP contribution in [0, 0.1) is 15.9 Å². The molecule has 0 saturated carbocycles. The van der Waals surface area contributed by atoms with Crippen LogP contribution < -0.4 is 4.74 Å². The van der Waals surface area contributed by atoms with Gasteiger partial charge in [-0.1, -0.05) is 11.8 Å². The molecule has 29 heavy (non-hydrogen) atoms. The molecule has 8 nitrogen and oxygen atoms in total. The van der Waals surface area contributed by atoms with Crippen LogP contribution in [-0.4, -0.2) is 27.1 Å². The fraction of sp³-hybridized carbons (Fsp3) is 0.158. The van der Waals surface area contributed by atoms with Crippen LogP contribution in [0.15, 0.2) is 59.3 Å². The maximum atomic E-state index is 13.1. The van der Waals surface area contributed by atoms with Crippen molar-refractivity contribution in [3.05, 3.63) is 80.8 Å². The highest BCUT2D eigenvalue weighted by molar-refractivity contribution is 8.03. The second-order valence-corrected chi connectivity index (χ2v) is 7.38. The maximum absolute atomic E-state index is 13.1. The van der Waals surface area contributed by atoms with Crippen molar-refractivity contribution in [1.82, 2.24) is 4.90 Å². The molecule has 1 fully saturated rings. The summed E-state index contributed by atoms with van der Waals surface area (Å²) >= 11 is 1.22. The average molecular weight is 416 g/mol. The molecular weight excluding hydrogens is 403 g/mol. The van der Waals surface area contributed by atoms with Gasteiger partial charge in [0, 0.05) is 12.1 Å². The number of benzene rings is 2. The number of carbonyl (C=O) groups is 2. The molecule has 1 unspecified atom stereocenters. The summed E-state index contributed by atoms with van der Waals surface area (Å²) in [5.41, 5.74) is 0.490. The van der Waals surface area contributed by atoms with Gasteiger partial charge < -0.3 is 9.47 Å². The lowest BCUT2D eigenvalue weighted by Gasteiger charge is -2.33. The molecule has 2 aliphatic rings. The van der Waals surface area contributed by atoms with E-state index in [9.17, 15) is 24.1 Å². The summed E-state index contributed by atoms with van der Waals surface area (Å²) in [5, 5.41) is 10.7. The number of esters is 1. The highest BCUT2D eigenvalue weighted by Crippen LogP contribution is 2.47. The average Bonchev–Trinajstić information content (AvgIpc) is 3.00. The van der Waals surface area contributed by atoms with Crippen LogP contribution >= 0.6 is 11.8 Å². The molecule has 1 amide bonds. The third-order valence-electron chi connectivity index (χ3n) is 4.32. The maximum Gasteiger partial charge on any atom is 0.359 e. The minimum absolute atomic E-state index is 0.00230. The monoisotopic (exact) mass is 416 g/mol. The number of amides is 1. The third kappa shape index (κ3) is 3.79. The molecule has 148 valence electrons. The lowest BCUT2D eigenvalue weighted by Crippen LogP contribution is -2.48. The van der Waals surface area contributed by atoms with E-state index in [1.807, 2.05) is 0 Å². The van der Waals surface area contributed by atoms with Gasteiger partial charge in [-0.3, -0.25) is 19.8 Å². The van der Waals surface area contributed by atoms with Crippen molar-refractivity contribution >= 4 is 29.3 Å². The molecule has 0 aliphatic carbocycles. The van der Waals surface area contributed by atoms with Crippen molar-refractivity contribution in [2.75, 3.05) is 0 Å². The van der Waals surface area contributed by atoms with Gasteiger partial charge in [-0.25, -0.2) is 9.18 Å². The van der Waals surface area contributed by atoms with Gasteiger partial charge >= 0.3 is 5.97 Å². The van der Waals surface area contributed by atoms with E-state index in [0.29, 0.717) is 11.3 Å². The molecule has 2 aromatic carbocycles. The molecule has 1 saturated heterocycles. The standard InChI is InChI=1S/C19H13FN2O6S/c20-12-3-7-14(8-4-12)28-19-17(21-15(23)9-16(21)29-19)18(24)27-10-11-1-5-13(6-2-11)22(25)26/h1-8,16H,9-10H2. The Kier molecular flexibility index (Phi) is 4.93. The van der Waals surface area contributed by atoms with Crippen LogP contribution in [0.2, 0.25) is 0 Å². The van der Waals surface area contributed by atoms with E-state index in [1.54, 1.807) is 0 Å². The van der Waals surface area contributed by atoms with Crippen LogP contribution in [0.4, 0.5) is 10.1 Å². The summed E-state index contributed by atoms with van der Waals surface area (Å²) < 4.78 is 24.1. The number of β-lactam (4-membered cyclic amide) rings is 1. The Balaban J connectivity index is 1.50. The van der Waals surface area contributed by atoms with Crippen LogP contribution in [0.5, 0.6) is 5.75 Å². The first-order chi connectivity index (χ1) is 13.9. The first kappa shape index (κ1) is 18.9. The number of hydrogen-bond donors (Lipinski definition) is 0. The number of nitro groups is 1. The summed E-state index contributed by atoms with van der Waals surface area (Å²) in [7, 11) is 0. The minimum Gasteiger partial charge on any atom is -0.456 e. The SMILES string of the molecule is O=C(OCc1ccc([N+](=O)[O-])cc1)C1=C(Oc2ccc(F)cc2)SC2CC(=O)N12. The van der Waals surface area contributed by atoms with E-state index in [-0.39, 0.29) is 40.8 Å². The molecule has 2 aromatic rings. The molecule has 4 rings (SSSR count). The second kappa shape index (κ2) is 7.55. The number of nitrogens with zero attached hydrogens (tertiary/aromatic N) is 2. The third-order valence-corrected chi connectivity index (χ3v) is 5.46. The second-order valence-electron chi connectivity index (χ2n) is 6.23. The molecule has 2 aliphatic heterocycles. The zero-order valence-electron chi connectivity index (χ0n) is 14.7. The van der Waals surface area contributed by atoms with Crippen LogP contribution in [0.3, 0.4) is 0 Å². The summed E-state index contributed by atoms with van der Waals surface area (Å²) in [5.74, 6) is -1.07. The van der Waals surface area contributed by atoms with Crippen LogP contribution in [0.1, 0.15) is 12.0 Å². The molecule has 0 aromatic heterocycles. The van der Waals surface area contributed by atoms with E-state index < -0.39 is 16.7 Å². The first-order valence-electron chi connectivity index (χ1n) is 8.49. The fourth-order valence-electron chi connectivity index (χ4n) is 2.82. The Hall–Kier alpha value is -3.40. The molecule has 0 N–H and O–H groups in total. The predicted molar refractivity (Wildman–Crippen MR) is 99.8 cm³/mol. The normalized spacial score (nSPS) is 17.6. The summed E-state index contributed by atoms with van der Waals surface area (Å²) in [6.45, 7) is -0.123. The number of ether oxygens (including phenoxy) is 2. The van der Waals surface area contributed by atoms with E-state index >= 15 is 0 Å². The van der Waals surface area contributed by atoms with Gasteiger partial charge in [0.15, 0.2) is 10.8 Å². The largest absolute Gasteiger partial charge is 0.456 e. The van der Waals surface area contributed by atoms with Crippen molar-refractivity contribution in [2.45, 2.75) is 18.4 Å². The van der Waals surface area contributed by atoms with Crippen molar-refractivity contribution in [1.29, 1.82) is 0 Å². The minimum atomic E-state index is -0.747. The highest BCUT2D eigenvalue weighted by Gasteiger charge is 2.50. The molecule has 0 radical (unpaired) electrons. The highest BCUT2D eigenvalue weighted by atomic mass is 32.2. The lowest BCUT2D eigenvalue weighted by molar-refractivity contribution is -0.384. The molecule has 10 heteroatoms. The van der Waals surface area contributed by atoms with Gasteiger partial charge in [0.2, 0.25) is 5.91 Å². The summed E-state index contributed by atoms with van der Waals surface area (Å²) in [6.07, 6.45) is 0.278. The lowest BCUT2D eigenvalue weighted by atomic mass is 10.2. The number of non-ortho nitro benzene ring substituents is 1. The molecule has 1 atom stereocenters. The smallest absolute Gasteiger partial charge is 0.359 e. The van der Waals surface area contributed by atoms with Crippen molar-refractivity contribution in [3.63, 3.8) is 0 Å². The van der Waals surface area contributed by atoms with Gasteiger partial charge in [-0.05, 0) is 42.0 Å². The molecule has 0 bridgehead atoms. The first-order valence-corrected chi connectivity index (χ1v) is 9.37. The summed E-state index contributed by atoms with van der Waals surface area (Å²) in [6, 6.07) is 10.9. The Labute approximate surface area is 168 Å². The number of carbonyl (C=O) groups excluding carboxylic acids is 2. The number of hydrogen-bond acceptors (Lipinski definition) is 7. The van der Waals surface area contributed by atoms with E-state index in [0.717, 1.165) is 0 Å². The van der Waals surface area contributed by atoms with Gasteiger partial charge in [0.25, 0.3) is 5.69 Å². The molecule has 2 heterocycles. The topological polar surface area (TPSA) is 99.0 Å². The van der Waals surface area contributed by atoms with Gasteiger partial charge in [0.05, 0.1) is 16.7 Å². The Morgan fingerprint density at radius 3 is 2.52 bits per heavy atom. The fourth-order valence-corrected chi connectivity index (χ4v) is 4.06. The van der Waals surface area contributed by atoms with Crippen LogP contribution in [-0.2, 0) is 20.9 Å². The van der Waals surface area contributed by atoms with E-state index in [2.05, 4.69) is 0 Å². The van der Waals surface area contributed by atoms with E-state index in [1.165, 1.54) is 65.2 Å². The summed E-state index contributed by atoms with van der Waals surface area (Å²) in [4.78, 5) is 36.1. The Morgan fingerprint density at radius 1 is 1.21 bits per heavy atom. The number of rotatable bonds is 6. The quantitative estimate of drug-likeness (QED) is 0.308. The van der Waals surface area contributed by atoms with Crippen molar-refractivity contribution in [2.24, 2.45) is 0 Å². The van der Waals surface area contributed by atoms with Gasteiger partial charge in [-0.15, -0.1) is 0 Å². The Bertz CT molecular complexity index is 1020. The number of fused-ring (bicyclic) bond motifs is 1. The number of thioether (sulfide) groups is 1. The van der Waals surface area contributed by atoms with Crippen molar-refractivity contribution < 1.29 is 28.4 Å². The predicted octanol–water partition coefficient (Wildman–Crippen LogP) is 3.33. The van der Waals surface area contributed by atoms with Crippen molar-refractivity contribution in [3.8, 4) is 5.75 Å².